The molecule has 1 heterocycles. The van der Waals surface area contributed by atoms with Crippen molar-refractivity contribution >= 4 is 5.69 Å². The molecule has 0 saturated heterocycles. The molecule has 0 radical (unpaired) electrons. The summed E-state index contributed by atoms with van der Waals surface area (Å²) in [6.45, 7) is 0.464. The zero-order valence-electron chi connectivity index (χ0n) is 11.2. The Bertz CT molecular complexity index is 518. The molecule has 0 aliphatic rings. The summed E-state index contributed by atoms with van der Waals surface area (Å²) in [6, 6.07) is 9.71. The SMILES string of the molecule is COc1ccccc1N(C)C(CN)c1ccncn1. The predicted octanol–water partition coefficient (Wildman–Crippen LogP) is 1.62. The number of rotatable bonds is 5. The average Bonchev–Trinajstić information content (AvgIpc) is 2.49. The molecule has 0 aliphatic heterocycles. The predicted molar refractivity (Wildman–Crippen MR) is 75.2 cm³/mol. The molecule has 5 nitrogen and oxygen atoms in total. The third kappa shape index (κ3) is 2.82. The van der Waals surface area contributed by atoms with Gasteiger partial charge in [-0.3, -0.25) is 0 Å². The van der Waals surface area contributed by atoms with Gasteiger partial charge in [-0.05, 0) is 18.2 Å². The second-order valence-electron chi connectivity index (χ2n) is 4.17. The topological polar surface area (TPSA) is 64.3 Å². The van der Waals surface area contributed by atoms with E-state index in [0.717, 1.165) is 17.1 Å². The minimum atomic E-state index is -0.0145. The van der Waals surface area contributed by atoms with E-state index in [2.05, 4.69) is 14.9 Å². The van der Waals surface area contributed by atoms with Gasteiger partial charge in [0, 0.05) is 19.8 Å². The molecule has 0 spiro atoms. The fourth-order valence-corrected chi connectivity index (χ4v) is 2.06. The molecule has 1 aromatic carbocycles. The largest absolute Gasteiger partial charge is 0.495 e. The Labute approximate surface area is 113 Å². The van der Waals surface area contributed by atoms with Crippen molar-refractivity contribution < 1.29 is 4.74 Å². The van der Waals surface area contributed by atoms with E-state index in [9.17, 15) is 0 Å². The highest BCUT2D eigenvalue weighted by Gasteiger charge is 2.19. The van der Waals surface area contributed by atoms with Crippen LogP contribution in [0.3, 0.4) is 0 Å². The average molecular weight is 258 g/mol. The zero-order chi connectivity index (χ0) is 13.7. The van der Waals surface area contributed by atoms with E-state index in [4.69, 9.17) is 10.5 Å². The lowest BCUT2D eigenvalue weighted by molar-refractivity contribution is 0.413. The van der Waals surface area contributed by atoms with E-state index in [1.54, 1.807) is 13.3 Å². The molecule has 5 heteroatoms. The summed E-state index contributed by atoms with van der Waals surface area (Å²) < 4.78 is 5.38. The highest BCUT2D eigenvalue weighted by molar-refractivity contribution is 5.59. The van der Waals surface area contributed by atoms with Crippen molar-refractivity contribution in [1.29, 1.82) is 0 Å². The van der Waals surface area contributed by atoms with Crippen LogP contribution in [0, 0.1) is 0 Å². The maximum atomic E-state index is 5.89. The fraction of sp³-hybridized carbons (Fsp3) is 0.286. The van der Waals surface area contributed by atoms with Crippen molar-refractivity contribution in [3.05, 3.63) is 48.5 Å². The van der Waals surface area contributed by atoms with Gasteiger partial charge in [0.1, 0.15) is 12.1 Å². The molecular weight excluding hydrogens is 240 g/mol. The van der Waals surface area contributed by atoms with Gasteiger partial charge in [-0.15, -0.1) is 0 Å². The van der Waals surface area contributed by atoms with Gasteiger partial charge in [0.05, 0.1) is 24.5 Å². The Morgan fingerprint density at radius 1 is 1.32 bits per heavy atom. The van der Waals surface area contributed by atoms with Gasteiger partial charge in [-0.1, -0.05) is 12.1 Å². The summed E-state index contributed by atoms with van der Waals surface area (Å²) in [5.74, 6) is 0.817. The summed E-state index contributed by atoms with van der Waals surface area (Å²) >= 11 is 0. The van der Waals surface area contributed by atoms with Crippen molar-refractivity contribution in [2.45, 2.75) is 6.04 Å². The molecule has 0 bridgehead atoms. The van der Waals surface area contributed by atoms with E-state index in [1.807, 2.05) is 37.4 Å². The summed E-state index contributed by atoms with van der Waals surface area (Å²) in [4.78, 5) is 10.3. The third-order valence-electron chi connectivity index (χ3n) is 3.10. The second-order valence-corrected chi connectivity index (χ2v) is 4.17. The molecule has 2 aromatic rings. The van der Waals surface area contributed by atoms with Gasteiger partial charge in [0.15, 0.2) is 0 Å². The van der Waals surface area contributed by atoms with Crippen molar-refractivity contribution in [3.63, 3.8) is 0 Å². The summed E-state index contributed by atoms with van der Waals surface area (Å²) in [5.41, 5.74) is 7.77. The van der Waals surface area contributed by atoms with Crippen LogP contribution in [0.4, 0.5) is 5.69 Å². The molecular formula is C14H18N4O. The van der Waals surface area contributed by atoms with Crippen LogP contribution in [-0.2, 0) is 0 Å². The van der Waals surface area contributed by atoms with Gasteiger partial charge in [0.25, 0.3) is 0 Å². The number of likely N-dealkylation sites (N-methyl/N-ethyl adjacent to an activating group) is 1. The quantitative estimate of drug-likeness (QED) is 0.883. The first-order valence-electron chi connectivity index (χ1n) is 6.09. The molecule has 0 aliphatic carbocycles. The monoisotopic (exact) mass is 258 g/mol. The zero-order valence-corrected chi connectivity index (χ0v) is 11.2. The fourth-order valence-electron chi connectivity index (χ4n) is 2.06. The molecule has 19 heavy (non-hydrogen) atoms. The van der Waals surface area contributed by atoms with Crippen molar-refractivity contribution in [2.75, 3.05) is 25.6 Å². The number of para-hydroxylation sites is 2. The third-order valence-corrected chi connectivity index (χ3v) is 3.10. The molecule has 2 rings (SSSR count). The van der Waals surface area contributed by atoms with Crippen LogP contribution in [-0.4, -0.2) is 30.7 Å². The molecule has 2 N–H and O–H groups in total. The van der Waals surface area contributed by atoms with Gasteiger partial charge in [0.2, 0.25) is 0 Å². The summed E-state index contributed by atoms with van der Waals surface area (Å²) in [5, 5.41) is 0. The van der Waals surface area contributed by atoms with Gasteiger partial charge in [-0.25, -0.2) is 9.97 Å². The molecule has 1 atom stereocenters. The Kier molecular flexibility index (Phi) is 4.30. The van der Waals surface area contributed by atoms with Crippen LogP contribution in [0.5, 0.6) is 5.75 Å². The van der Waals surface area contributed by atoms with Gasteiger partial charge in [-0.2, -0.15) is 0 Å². The Morgan fingerprint density at radius 3 is 2.74 bits per heavy atom. The molecule has 0 saturated carbocycles. The highest BCUT2D eigenvalue weighted by atomic mass is 16.5. The minimum Gasteiger partial charge on any atom is -0.495 e. The maximum absolute atomic E-state index is 5.89. The highest BCUT2D eigenvalue weighted by Crippen LogP contribution is 2.31. The molecule has 1 unspecified atom stereocenters. The molecule has 0 amide bonds. The number of hydrogen-bond donors (Lipinski definition) is 1. The standard InChI is InChI=1S/C14H18N4O/c1-18(12-5-3-4-6-14(12)19-2)13(9-15)11-7-8-16-10-17-11/h3-8,10,13H,9,15H2,1-2H3. The number of anilines is 1. The Balaban J connectivity index is 2.33. The van der Waals surface area contributed by atoms with Gasteiger partial charge >= 0.3 is 0 Å². The lowest BCUT2D eigenvalue weighted by Crippen LogP contribution is -2.31. The van der Waals surface area contributed by atoms with Crippen molar-refractivity contribution in [2.24, 2.45) is 5.73 Å². The molecule has 0 fully saturated rings. The second kappa shape index (κ2) is 6.15. The summed E-state index contributed by atoms with van der Waals surface area (Å²) in [6.07, 6.45) is 3.26. The Hall–Kier alpha value is -2.14. The molecule has 1 aromatic heterocycles. The normalized spacial score (nSPS) is 11.9. The first-order chi connectivity index (χ1) is 9.27. The van der Waals surface area contributed by atoms with Crippen molar-refractivity contribution in [3.8, 4) is 5.75 Å². The number of hydrogen-bond acceptors (Lipinski definition) is 5. The smallest absolute Gasteiger partial charge is 0.142 e. The van der Waals surface area contributed by atoms with Crippen LogP contribution in [0.2, 0.25) is 0 Å². The van der Waals surface area contributed by atoms with Crippen LogP contribution in [0.1, 0.15) is 11.7 Å². The first-order valence-corrected chi connectivity index (χ1v) is 6.09. The van der Waals surface area contributed by atoms with E-state index >= 15 is 0 Å². The van der Waals surface area contributed by atoms with Crippen LogP contribution in [0.15, 0.2) is 42.9 Å². The van der Waals surface area contributed by atoms with E-state index in [0.29, 0.717) is 6.54 Å². The number of aromatic nitrogens is 2. The maximum Gasteiger partial charge on any atom is 0.142 e. The first kappa shape index (κ1) is 13.3. The van der Waals surface area contributed by atoms with E-state index < -0.39 is 0 Å². The lowest BCUT2D eigenvalue weighted by Gasteiger charge is -2.29. The summed E-state index contributed by atoms with van der Waals surface area (Å²) in [7, 11) is 3.65. The van der Waals surface area contributed by atoms with Crippen LogP contribution < -0.4 is 15.4 Å². The number of nitrogens with two attached hydrogens (primary N) is 1. The van der Waals surface area contributed by atoms with Crippen LogP contribution in [0.25, 0.3) is 0 Å². The van der Waals surface area contributed by atoms with E-state index in [-0.39, 0.29) is 6.04 Å². The van der Waals surface area contributed by atoms with Gasteiger partial charge < -0.3 is 15.4 Å². The number of ether oxygens (including phenoxy) is 1. The lowest BCUT2D eigenvalue weighted by atomic mass is 10.1. The van der Waals surface area contributed by atoms with Crippen molar-refractivity contribution in [1.82, 2.24) is 9.97 Å². The minimum absolute atomic E-state index is 0.0145. The molecule has 100 valence electrons. The van der Waals surface area contributed by atoms with Crippen LogP contribution >= 0.6 is 0 Å². The number of benzene rings is 1. The van der Waals surface area contributed by atoms with E-state index in [1.165, 1.54) is 6.33 Å². The number of nitrogens with zero attached hydrogens (tertiary/aromatic N) is 3. The Morgan fingerprint density at radius 2 is 2.11 bits per heavy atom. The number of methoxy groups -OCH3 is 1.